The maximum absolute atomic E-state index is 11.7. The zero-order chi connectivity index (χ0) is 11.4. The van der Waals surface area contributed by atoms with E-state index in [2.05, 4.69) is 12.1 Å². The lowest BCUT2D eigenvalue weighted by molar-refractivity contribution is -0.133. The quantitative estimate of drug-likeness (QED) is 0.308. The SMILES string of the molecule is CC1CCN(C(=O)CC(N)=NO)C(C)C1. The van der Waals surface area contributed by atoms with Crippen LogP contribution >= 0.6 is 0 Å². The molecule has 0 aliphatic carbocycles. The van der Waals surface area contributed by atoms with Crippen molar-refractivity contribution in [3.63, 3.8) is 0 Å². The largest absolute Gasteiger partial charge is 0.409 e. The lowest BCUT2D eigenvalue weighted by Crippen LogP contribution is -2.45. The summed E-state index contributed by atoms with van der Waals surface area (Å²) in [5.41, 5.74) is 5.31. The van der Waals surface area contributed by atoms with Gasteiger partial charge in [0, 0.05) is 12.6 Å². The lowest BCUT2D eigenvalue weighted by atomic mass is 9.93. The summed E-state index contributed by atoms with van der Waals surface area (Å²) in [5.74, 6) is 0.600. The molecule has 0 aromatic heterocycles. The van der Waals surface area contributed by atoms with Crippen molar-refractivity contribution in [2.24, 2.45) is 16.8 Å². The van der Waals surface area contributed by atoms with Gasteiger partial charge in [0.25, 0.3) is 0 Å². The summed E-state index contributed by atoms with van der Waals surface area (Å²) in [6, 6.07) is 0.257. The monoisotopic (exact) mass is 213 g/mol. The van der Waals surface area contributed by atoms with Crippen molar-refractivity contribution in [1.29, 1.82) is 0 Å². The van der Waals surface area contributed by atoms with Gasteiger partial charge in [0.1, 0.15) is 5.84 Å². The van der Waals surface area contributed by atoms with Crippen LogP contribution in [0.15, 0.2) is 5.16 Å². The molecule has 1 rings (SSSR count). The molecular weight excluding hydrogens is 194 g/mol. The zero-order valence-electron chi connectivity index (χ0n) is 9.31. The van der Waals surface area contributed by atoms with E-state index < -0.39 is 0 Å². The van der Waals surface area contributed by atoms with Gasteiger partial charge in [-0.1, -0.05) is 12.1 Å². The van der Waals surface area contributed by atoms with Gasteiger partial charge in [-0.25, -0.2) is 0 Å². The second-order valence-corrected chi connectivity index (χ2v) is 4.33. The maximum atomic E-state index is 11.7. The predicted octanol–water partition coefficient (Wildman–Crippen LogP) is 0.770. The number of nitrogens with two attached hydrogens (primary N) is 1. The standard InChI is InChI=1S/C10H19N3O2/c1-7-3-4-13(8(2)5-7)10(14)6-9(11)12-15/h7-8,15H,3-6H2,1-2H3,(H2,11,12). The number of nitrogens with zero attached hydrogens (tertiary/aromatic N) is 2. The van der Waals surface area contributed by atoms with Gasteiger partial charge in [0.2, 0.25) is 5.91 Å². The number of carbonyl (C=O) groups is 1. The average molecular weight is 213 g/mol. The van der Waals surface area contributed by atoms with Crippen molar-refractivity contribution >= 4 is 11.7 Å². The average Bonchev–Trinajstić information content (AvgIpc) is 2.17. The summed E-state index contributed by atoms with van der Waals surface area (Å²) in [5, 5.41) is 11.2. The van der Waals surface area contributed by atoms with Crippen LogP contribution in [0.5, 0.6) is 0 Å². The van der Waals surface area contributed by atoms with E-state index in [-0.39, 0.29) is 24.2 Å². The van der Waals surface area contributed by atoms with Crippen molar-refractivity contribution in [1.82, 2.24) is 4.90 Å². The highest BCUT2D eigenvalue weighted by Gasteiger charge is 2.26. The zero-order valence-corrected chi connectivity index (χ0v) is 9.31. The normalized spacial score (nSPS) is 27.9. The number of oxime groups is 1. The molecule has 2 unspecified atom stereocenters. The van der Waals surface area contributed by atoms with Gasteiger partial charge < -0.3 is 15.8 Å². The van der Waals surface area contributed by atoms with Crippen LogP contribution in [0, 0.1) is 5.92 Å². The molecular formula is C10H19N3O2. The van der Waals surface area contributed by atoms with Crippen LogP contribution in [0.1, 0.15) is 33.1 Å². The van der Waals surface area contributed by atoms with Crippen molar-refractivity contribution in [2.75, 3.05) is 6.54 Å². The number of amides is 1. The number of piperidine rings is 1. The molecule has 1 aliphatic heterocycles. The summed E-state index contributed by atoms with van der Waals surface area (Å²) in [7, 11) is 0. The molecule has 0 aromatic rings. The van der Waals surface area contributed by atoms with Gasteiger partial charge in [-0.2, -0.15) is 0 Å². The summed E-state index contributed by atoms with van der Waals surface area (Å²) >= 11 is 0. The molecule has 0 spiro atoms. The number of amidine groups is 1. The van der Waals surface area contributed by atoms with Gasteiger partial charge in [0.15, 0.2) is 0 Å². The first-order chi connectivity index (χ1) is 7.04. The Kier molecular flexibility index (Phi) is 3.94. The molecule has 1 aliphatic rings. The third-order valence-corrected chi connectivity index (χ3v) is 2.92. The van der Waals surface area contributed by atoms with Crippen molar-refractivity contribution < 1.29 is 10.0 Å². The Morgan fingerprint density at radius 2 is 2.27 bits per heavy atom. The first kappa shape index (κ1) is 11.8. The molecule has 2 atom stereocenters. The van der Waals surface area contributed by atoms with E-state index in [4.69, 9.17) is 10.9 Å². The second kappa shape index (κ2) is 5.00. The number of carbonyl (C=O) groups excluding carboxylic acids is 1. The molecule has 0 bridgehead atoms. The maximum Gasteiger partial charge on any atom is 0.230 e. The Morgan fingerprint density at radius 1 is 1.60 bits per heavy atom. The fourth-order valence-corrected chi connectivity index (χ4v) is 2.07. The highest BCUT2D eigenvalue weighted by atomic mass is 16.4. The molecule has 15 heavy (non-hydrogen) atoms. The van der Waals surface area contributed by atoms with Gasteiger partial charge >= 0.3 is 0 Å². The summed E-state index contributed by atoms with van der Waals surface area (Å²) < 4.78 is 0. The minimum absolute atomic E-state index is 0.00915. The fraction of sp³-hybridized carbons (Fsp3) is 0.800. The Balaban J connectivity index is 2.53. The van der Waals surface area contributed by atoms with Crippen LogP contribution in [0.25, 0.3) is 0 Å². The van der Waals surface area contributed by atoms with Gasteiger partial charge in [0.05, 0.1) is 6.42 Å². The summed E-state index contributed by atoms with van der Waals surface area (Å²) in [6.07, 6.45) is 2.07. The Hall–Kier alpha value is -1.26. The van der Waals surface area contributed by atoms with E-state index in [1.807, 2.05) is 11.8 Å². The molecule has 86 valence electrons. The minimum atomic E-state index is -0.0512. The Labute approximate surface area is 89.9 Å². The summed E-state index contributed by atoms with van der Waals surface area (Å²) in [4.78, 5) is 13.6. The van der Waals surface area contributed by atoms with Gasteiger partial charge in [-0.15, -0.1) is 0 Å². The Morgan fingerprint density at radius 3 is 2.80 bits per heavy atom. The van der Waals surface area contributed by atoms with Crippen molar-refractivity contribution in [3.8, 4) is 0 Å². The molecule has 3 N–H and O–H groups in total. The molecule has 1 amide bonds. The van der Waals surface area contributed by atoms with Crippen LogP contribution in [-0.2, 0) is 4.79 Å². The van der Waals surface area contributed by atoms with Crippen molar-refractivity contribution in [2.45, 2.75) is 39.2 Å². The molecule has 1 heterocycles. The van der Waals surface area contributed by atoms with E-state index >= 15 is 0 Å². The van der Waals surface area contributed by atoms with Crippen LogP contribution in [0.4, 0.5) is 0 Å². The molecule has 1 saturated heterocycles. The minimum Gasteiger partial charge on any atom is -0.409 e. The number of hydrogen-bond acceptors (Lipinski definition) is 3. The fourth-order valence-electron chi connectivity index (χ4n) is 2.07. The van der Waals surface area contributed by atoms with E-state index in [0.717, 1.165) is 19.4 Å². The van der Waals surface area contributed by atoms with Crippen LogP contribution in [-0.4, -0.2) is 34.4 Å². The predicted molar refractivity (Wildman–Crippen MR) is 57.6 cm³/mol. The second-order valence-electron chi connectivity index (χ2n) is 4.33. The molecule has 5 nitrogen and oxygen atoms in total. The molecule has 0 aromatic carbocycles. The molecule has 0 saturated carbocycles. The first-order valence-electron chi connectivity index (χ1n) is 5.30. The highest BCUT2D eigenvalue weighted by Crippen LogP contribution is 2.22. The van der Waals surface area contributed by atoms with Crippen LogP contribution in [0.3, 0.4) is 0 Å². The van der Waals surface area contributed by atoms with E-state index in [0.29, 0.717) is 5.92 Å². The topological polar surface area (TPSA) is 78.9 Å². The first-order valence-corrected chi connectivity index (χ1v) is 5.30. The highest BCUT2D eigenvalue weighted by molar-refractivity contribution is 5.98. The van der Waals surface area contributed by atoms with Crippen LogP contribution in [0.2, 0.25) is 0 Å². The van der Waals surface area contributed by atoms with Gasteiger partial charge in [-0.05, 0) is 25.7 Å². The molecule has 1 fully saturated rings. The van der Waals surface area contributed by atoms with Crippen molar-refractivity contribution in [3.05, 3.63) is 0 Å². The number of likely N-dealkylation sites (tertiary alicyclic amines) is 1. The number of hydrogen-bond donors (Lipinski definition) is 2. The van der Waals surface area contributed by atoms with E-state index in [9.17, 15) is 4.79 Å². The van der Waals surface area contributed by atoms with E-state index in [1.165, 1.54) is 0 Å². The molecule has 0 radical (unpaired) electrons. The van der Waals surface area contributed by atoms with Crippen LogP contribution < -0.4 is 5.73 Å². The van der Waals surface area contributed by atoms with Gasteiger partial charge in [-0.3, -0.25) is 4.79 Å². The summed E-state index contributed by atoms with van der Waals surface area (Å²) in [6.45, 7) is 5.02. The van der Waals surface area contributed by atoms with E-state index in [1.54, 1.807) is 0 Å². The lowest BCUT2D eigenvalue weighted by Gasteiger charge is -2.36. The Bertz CT molecular complexity index is 265. The third kappa shape index (κ3) is 3.11. The third-order valence-electron chi connectivity index (χ3n) is 2.92. The smallest absolute Gasteiger partial charge is 0.230 e. The molecule has 5 heteroatoms. The number of rotatable bonds is 2.